The van der Waals surface area contributed by atoms with Crippen LogP contribution in [0.5, 0.6) is 0 Å². The van der Waals surface area contributed by atoms with Crippen molar-refractivity contribution < 1.29 is 0 Å². The zero-order chi connectivity index (χ0) is 12.7. The van der Waals surface area contributed by atoms with Gasteiger partial charge in [-0.25, -0.2) is 9.97 Å². The Bertz CT molecular complexity index is 350. The van der Waals surface area contributed by atoms with Crippen molar-refractivity contribution in [2.45, 2.75) is 46.5 Å². The van der Waals surface area contributed by atoms with Gasteiger partial charge >= 0.3 is 0 Å². The minimum Gasteiger partial charge on any atom is -0.373 e. The van der Waals surface area contributed by atoms with Crippen LogP contribution in [0.1, 0.15) is 44.0 Å². The Kier molecular flexibility index (Phi) is 5.73. The van der Waals surface area contributed by atoms with Gasteiger partial charge in [-0.2, -0.15) is 0 Å². The van der Waals surface area contributed by atoms with E-state index < -0.39 is 0 Å². The number of hydrogen-bond acceptors (Lipinski definition) is 4. The summed E-state index contributed by atoms with van der Waals surface area (Å²) >= 11 is 0. The topological polar surface area (TPSA) is 49.8 Å². The molecular weight excluding hydrogens is 212 g/mol. The highest BCUT2D eigenvalue weighted by atomic mass is 15.1. The molecule has 17 heavy (non-hydrogen) atoms. The van der Waals surface area contributed by atoms with Crippen molar-refractivity contribution in [1.82, 2.24) is 9.97 Å². The van der Waals surface area contributed by atoms with Gasteiger partial charge in [-0.15, -0.1) is 0 Å². The maximum Gasteiger partial charge on any atom is 0.134 e. The molecule has 0 saturated heterocycles. The standard InChI is InChI=1S/C13H24N4/c1-5-6-7-8-9-15-13-10(2)12(14-4)16-11(3)17-13/h5-9H2,1-4H3,(H2,14,15,16,17). The van der Waals surface area contributed by atoms with Gasteiger partial charge in [-0.1, -0.05) is 26.2 Å². The Morgan fingerprint density at radius 1 is 1.00 bits per heavy atom. The first kappa shape index (κ1) is 13.7. The number of aromatic nitrogens is 2. The lowest BCUT2D eigenvalue weighted by Crippen LogP contribution is -2.09. The molecular formula is C13H24N4. The maximum atomic E-state index is 4.44. The van der Waals surface area contributed by atoms with Crippen LogP contribution in [0.2, 0.25) is 0 Å². The number of hydrogen-bond donors (Lipinski definition) is 2. The van der Waals surface area contributed by atoms with E-state index in [-0.39, 0.29) is 0 Å². The lowest BCUT2D eigenvalue weighted by molar-refractivity contribution is 0.684. The number of unbranched alkanes of at least 4 members (excludes halogenated alkanes) is 3. The Balaban J connectivity index is 2.55. The van der Waals surface area contributed by atoms with E-state index in [0.717, 1.165) is 29.6 Å². The molecule has 0 amide bonds. The summed E-state index contributed by atoms with van der Waals surface area (Å²) in [4.78, 5) is 8.78. The van der Waals surface area contributed by atoms with Crippen LogP contribution in [0.4, 0.5) is 11.6 Å². The fourth-order valence-corrected chi connectivity index (χ4v) is 1.80. The van der Waals surface area contributed by atoms with Gasteiger partial charge in [-0.3, -0.25) is 0 Å². The first-order chi connectivity index (χ1) is 8.19. The summed E-state index contributed by atoms with van der Waals surface area (Å²) in [7, 11) is 1.89. The van der Waals surface area contributed by atoms with Crippen LogP contribution in [0, 0.1) is 13.8 Å². The van der Waals surface area contributed by atoms with Crippen molar-refractivity contribution in [1.29, 1.82) is 0 Å². The molecule has 1 rings (SSSR count). The fraction of sp³-hybridized carbons (Fsp3) is 0.692. The predicted octanol–water partition coefficient (Wildman–Crippen LogP) is 3.13. The van der Waals surface area contributed by atoms with Crippen molar-refractivity contribution in [3.63, 3.8) is 0 Å². The molecule has 0 unspecified atom stereocenters. The summed E-state index contributed by atoms with van der Waals surface area (Å²) in [5.41, 5.74) is 1.09. The summed E-state index contributed by atoms with van der Waals surface area (Å²) < 4.78 is 0. The Morgan fingerprint density at radius 3 is 2.35 bits per heavy atom. The first-order valence-corrected chi connectivity index (χ1v) is 6.46. The minimum absolute atomic E-state index is 0.802. The third-order valence-electron chi connectivity index (χ3n) is 2.82. The Labute approximate surface area is 104 Å². The van der Waals surface area contributed by atoms with E-state index in [0.29, 0.717) is 0 Å². The van der Waals surface area contributed by atoms with E-state index in [1.165, 1.54) is 25.7 Å². The average molecular weight is 236 g/mol. The van der Waals surface area contributed by atoms with Crippen LogP contribution < -0.4 is 10.6 Å². The van der Waals surface area contributed by atoms with Crippen molar-refractivity contribution in [2.24, 2.45) is 0 Å². The van der Waals surface area contributed by atoms with Crippen LogP contribution in [-0.4, -0.2) is 23.6 Å². The van der Waals surface area contributed by atoms with E-state index in [2.05, 4.69) is 27.5 Å². The first-order valence-electron chi connectivity index (χ1n) is 6.46. The molecule has 0 radical (unpaired) electrons. The van der Waals surface area contributed by atoms with E-state index in [4.69, 9.17) is 0 Å². The highest BCUT2D eigenvalue weighted by Gasteiger charge is 2.06. The summed E-state index contributed by atoms with van der Waals surface area (Å²) in [6.45, 7) is 7.17. The third-order valence-corrected chi connectivity index (χ3v) is 2.82. The van der Waals surface area contributed by atoms with Crippen molar-refractivity contribution in [3.05, 3.63) is 11.4 Å². The van der Waals surface area contributed by atoms with E-state index in [1.54, 1.807) is 0 Å². The van der Waals surface area contributed by atoms with Crippen molar-refractivity contribution >= 4 is 11.6 Å². The molecule has 0 bridgehead atoms. The average Bonchev–Trinajstić information content (AvgIpc) is 2.32. The van der Waals surface area contributed by atoms with Gasteiger partial charge in [0, 0.05) is 19.2 Å². The van der Waals surface area contributed by atoms with E-state index >= 15 is 0 Å². The summed E-state index contributed by atoms with van der Waals surface area (Å²) in [5.74, 6) is 2.67. The fourth-order valence-electron chi connectivity index (χ4n) is 1.80. The highest BCUT2D eigenvalue weighted by molar-refractivity contribution is 5.56. The van der Waals surface area contributed by atoms with Crippen LogP contribution >= 0.6 is 0 Å². The van der Waals surface area contributed by atoms with Gasteiger partial charge in [0.05, 0.1) is 0 Å². The molecule has 0 fully saturated rings. The molecule has 0 saturated carbocycles. The molecule has 4 heteroatoms. The molecule has 1 aromatic heterocycles. The zero-order valence-corrected chi connectivity index (χ0v) is 11.4. The molecule has 1 aromatic rings. The molecule has 0 aliphatic carbocycles. The monoisotopic (exact) mass is 236 g/mol. The quantitative estimate of drug-likeness (QED) is 0.714. The highest BCUT2D eigenvalue weighted by Crippen LogP contribution is 2.19. The van der Waals surface area contributed by atoms with Crippen LogP contribution in [0.3, 0.4) is 0 Å². The van der Waals surface area contributed by atoms with Crippen molar-refractivity contribution in [3.8, 4) is 0 Å². The second kappa shape index (κ2) is 7.09. The summed E-state index contributed by atoms with van der Waals surface area (Å²) in [6.07, 6.45) is 5.07. The summed E-state index contributed by atoms with van der Waals surface area (Å²) in [6, 6.07) is 0. The van der Waals surface area contributed by atoms with Gasteiger partial charge in [0.1, 0.15) is 17.5 Å². The van der Waals surface area contributed by atoms with Gasteiger partial charge in [-0.05, 0) is 20.3 Å². The van der Waals surface area contributed by atoms with Crippen LogP contribution in [0.25, 0.3) is 0 Å². The van der Waals surface area contributed by atoms with E-state index in [1.807, 2.05) is 20.9 Å². The molecule has 2 N–H and O–H groups in total. The molecule has 96 valence electrons. The zero-order valence-electron chi connectivity index (χ0n) is 11.4. The third kappa shape index (κ3) is 4.21. The molecule has 0 spiro atoms. The smallest absolute Gasteiger partial charge is 0.134 e. The van der Waals surface area contributed by atoms with Crippen LogP contribution in [-0.2, 0) is 0 Å². The number of nitrogens with one attached hydrogen (secondary N) is 2. The summed E-state index contributed by atoms with van der Waals surface area (Å²) in [5, 5.41) is 6.49. The second-order valence-corrected chi connectivity index (χ2v) is 4.33. The van der Waals surface area contributed by atoms with Crippen molar-refractivity contribution in [2.75, 3.05) is 24.2 Å². The van der Waals surface area contributed by atoms with Gasteiger partial charge in [0.25, 0.3) is 0 Å². The molecule has 0 aliphatic heterocycles. The number of nitrogens with zero attached hydrogens (tertiary/aromatic N) is 2. The molecule has 0 aromatic carbocycles. The Morgan fingerprint density at radius 2 is 1.71 bits per heavy atom. The van der Waals surface area contributed by atoms with E-state index in [9.17, 15) is 0 Å². The molecule has 0 atom stereocenters. The SMILES string of the molecule is CCCCCCNc1nc(C)nc(NC)c1C. The second-order valence-electron chi connectivity index (χ2n) is 4.33. The Hall–Kier alpha value is -1.32. The van der Waals surface area contributed by atoms with Crippen LogP contribution in [0.15, 0.2) is 0 Å². The van der Waals surface area contributed by atoms with Gasteiger partial charge in [0.15, 0.2) is 0 Å². The number of rotatable bonds is 7. The lowest BCUT2D eigenvalue weighted by atomic mass is 10.2. The van der Waals surface area contributed by atoms with Gasteiger partial charge in [0.2, 0.25) is 0 Å². The molecule has 4 nitrogen and oxygen atoms in total. The minimum atomic E-state index is 0.802. The number of anilines is 2. The largest absolute Gasteiger partial charge is 0.373 e. The van der Waals surface area contributed by atoms with Gasteiger partial charge < -0.3 is 10.6 Å². The predicted molar refractivity (Wildman–Crippen MR) is 73.7 cm³/mol. The molecule has 1 heterocycles. The number of aryl methyl sites for hydroxylation is 1. The maximum absolute atomic E-state index is 4.44. The lowest BCUT2D eigenvalue weighted by Gasteiger charge is -2.12. The normalized spacial score (nSPS) is 10.4. The molecule has 0 aliphatic rings.